The number of carbonyl (C=O) groups excluding carboxylic acids is 2. The lowest BCUT2D eigenvalue weighted by molar-refractivity contribution is -0.147. The summed E-state index contributed by atoms with van der Waals surface area (Å²) in [7, 11) is 0. The molecule has 0 atom stereocenters. The molecule has 0 aliphatic rings. The second-order valence-electron chi connectivity index (χ2n) is 4.24. The van der Waals surface area contributed by atoms with Gasteiger partial charge in [0.2, 0.25) is 5.89 Å². The van der Waals surface area contributed by atoms with Gasteiger partial charge in [-0.05, 0) is 18.6 Å². The molecule has 1 heterocycles. The molecule has 1 amide bonds. The molecule has 21 heavy (non-hydrogen) atoms. The van der Waals surface area contributed by atoms with Crippen LogP contribution < -0.4 is 5.32 Å². The number of aromatic nitrogens is 2. The number of nitrogens with one attached hydrogen (secondary N) is 1. The summed E-state index contributed by atoms with van der Waals surface area (Å²) in [6, 6.07) is 9.13. The summed E-state index contributed by atoms with van der Waals surface area (Å²) >= 11 is 0. The van der Waals surface area contributed by atoms with E-state index in [1.807, 2.05) is 37.3 Å². The van der Waals surface area contributed by atoms with E-state index in [2.05, 4.69) is 15.5 Å². The summed E-state index contributed by atoms with van der Waals surface area (Å²) in [5.74, 6) is -0.639. The number of nitrogens with zero attached hydrogens (tertiary/aromatic N) is 2. The maximum absolute atomic E-state index is 11.6. The van der Waals surface area contributed by atoms with E-state index >= 15 is 0 Å². The predicted octanol–water partition coefficient (Wildman–Crippen LogP) is 2.02. The first-order valence-electron chi connectivity index (χ1n) is 6.53. The molecule has 7 heteroatoms. The van der Waals surface area contributed by atoms with Crippen molar-refractivity contribution in [3.63, 3.8) is 0 Å². The Bertz CT molecular complexity index is 610. The number of anilines is 1. The topological polar surface area (TPSA) is 94.3 Å². The van der Waals surface area contributed by atoms with Crippen LogP contribution in [0.25, 0.3) is 11.5 Å². The largest absolute Gasteiger partial charge is 0.456 e. The van der Waals surface area contributed by atoms with Crippen LogP contribution in [0.2, 0.25) is 0 Å². The molecule has 0 saturated carbocycles. The van der Waals surface area contributed by atoms with Gasteiger partial charge in [-0.25, -0.2) is 0 Å². The van der Waals surface area contributed by atoms with Gasteiger partial charge in [0.1, 0.15) is 0 Å². The van der Waals surface area contributed by atoms with Crippen molar-refractivity contribution in [1.82, 2.24) is 10.2 Å². The fourth-order valence-corrected chi connectivity index (χ4v) is 1.55. The van der Waals surface area contributed by atoms with Gasteiger partial charge in [0.05, 0.1) is 0 Å². The molecule has 0 unspecified atom stereocenters. The number of rotatable bonds is 6. The van der Waals surface area contributed by atoms with Crippen molar-refractivity contribution < 1.29 is 18.7 Å². The molecule has 110 valence electrons. The Morgan fingerprint density at radius 2 is 2.00 bits per heavy atom. The lowest BCUT2D eigenvalue weighted by Gasteiger charge is -2.02. The molecule has 0 saturated heterocycles. The summed E-state index contributed by atoms with van der Waals surface area (Å²) in [6.45, 7) is 1.48. The average Bonchev–Trinajstić information content (AvgIpc) is 2.95. The van der Waals surface area contributed by atoms with E-state index < -0.39 is 11.9 Å². The SMILES string of the molecule is CCCC(=O)OCC(=O)Nc1nnc(-c2ccccc2)o1. The molecule has 2 aromatic rings. The van der Waals surface area contributed by atoms with E-state index in [0.29, 0.717) is 12.3 Å². The Morgan fingerprint density at radius 1 is 1.24 bits per heavy atom. The van der Waals surface area contributed by atoms with Crippen molar-refractivity contribution >= 4 is 17.9 Å². The quantitative estimate of drug-likeness (QED) is 0.817. The van der Waals surface area contributed by atoms with Crippen molar-refractivity contribution in [1.29, 1.82) is 0 Å². The summed E-state index contributed by atoms with van der Waals surface area (Å²) in [6.07, 6.45) is 0.955. The summed E-state index contributed by atoms with van der Waals surface area (Å²) < 4.78 is 10.1. The van der Waals surface area contributed by atoms with Gasteiger partial charge in [0.15, 0.2) is 6.61 Å². The number of ether oxygens (including phenoxy) is 1. The number of amides is 1. The van der Waals surface area contributed by atoms with Gasteiger partial charge in [-0.2, -0.15) is 0 Å². The number of esters is 1. The Morgan fingerprint density at radius 3 is 2.71 bits per heavy atom. The first-order chi connectivity index (χ1) is 10.2. The van der Waals surface area contributed by atoms with Gasteiger partial charge in [0.25, 0.3) is 5.91 Å². The Balaban J connectivity index is 1.88. The molecule has 1 aromatic carbocycles. The molecule has 0 radical (unpaired) electrons. The third-order valence-corrected chi connectivity index (χ3v) is 2.51. The molecule has 0 spiro atoms. The Labute approximate surface area is 121 Å². The first-order valence-corrected chi connectivity index (χ1v) is 6.53. The lowest BCUT2D eigenvalue weighted by Crippen LogP contribution is -2.20. The fourth-order valence-electron chi connectivity index (χ4n) is 1.55. The molecular weight excluding hydrogens is 274 g/mol. The van der Waals surface area contributed by atoms with Gasteiger partial charge < -0.3 is 9.15 Å². The molecule has 0 bridgehead atoms. The highest BCUT2D eigenvalue weighted by atomic mass is 16.5. The first kappa shape index (κ1) is 14.7. The second-order valence-corrected chi connectivity index (χ2v) is 4.24. The maximum Gasteiger partial charge on any atom is 0.322 e. The van der Waals surface area contributed by atoms with E-state index in [1.165, 1.54) is 0 Å². The van der Waals surface area contributed by atoms with E-state index in [-0.39, 0.29) is 19.0 Å². The highest BCUT2D eigenvalue weighted by Crippen LogP contribution is 2.18. The van der Waals surface area contributed by atoms with Crippen LogP contribution in [0.3, 0.4) is 0 Å². The Hall–Kier alpha value is -2.70. The van der Waals surface area contributed by atoms with Crippen LogP contribution >= 0.6 is 0 Å². The third-order valence-electron chi connectivity index (χ3n) is 2.51. The molecule has 0 aliphatic carbocycles. The Kier molecular flexibility index (Phi) is 5.03. The molecule has 2 rings (SSSR count). The van der Waals surface area contributed by atoms with Crippen LogP contribution in [-0.4, -0.2) is 28.7 Å². The monoisotopic (exact) mass is 289 g/mol. The maximum atomic E-state index is 11.6. The molecule has 0 aliphatic heterocycles. The summed E-state index contributed by atoms with van der Waals surface area (Å²) in [5, 5.41) is 9.91. The van der Waals surface area contributed by atoms with Crippen molar-refractivity contribution in [2.75, 3.05) is 11.9 Å². The minimum absolute atomic E-state index is 0.0367. The summed E-state index contributed by atoms with van der Waals surface area (Å²) in [4.78, 5) is 22.7. The highest BCUT2D eigenvalue weighted by Gasteiger charge is 2.12. The minimum Gasteiger partial charge on any atom is -0.456 e. The van der Waals surface area contributed by atoms with Gasteiger partial charge in [-0.3, -0.25) is 14.9 Å². The zero-order valence-electron chi connectivity index (χ0n) is 11.5. The predicted molar refractivity (Wildman–Crippen MR) is 74.2 cm³/mol. The van der Waals surface area contributed by atoms with Crippen LogP contribution in [0.5, 0.6) is 0 Å². The zero-order chi connectivity index (χ0) is 15.1. The molecule has 0 fully saturated rings. The van der Waals surface area contributed by atoms with Gasteiger partial charge in [-0.15, -0.1) is 5.10 Å². The van der Waals surface area contributed by atoms with Gasteiger partial charge in [0, 0.05) is 12.0 Å². The van der Waals surface area contributed by atoms with Crippen LogP contribution in [0.15, 0.2) is 34.7 Å². The van der Waals surface area contributed by atoms with Crippen LogP contribution in [0.4, 0.5) is 6.01 Å². The lowest BCUT2D eigenvalue weighted by atomic mass is 10.2. The zero-order valence-corrected chi connectivity index (χ0v) is 11.5. The molecular formula is C14H15N3O4. The number of hydrogen-bond donors (Lipinski definition) is 1. The van der Waals surface area contributed by atoms with Crippen molar-refractivity contribution in [2.24, 2.45) is 0 Å². The van der Waals surface area contributed by atoms with Crippen molar-refractivity contribution in [3.8, 4) is 11.5 Å². The normalized spacial score (nSPS) is 10.1. The fraction of sp³-hybridized carbons (Fsp3) is 0.286. The van der Waals surface area contributed by atoms with Crippen LogP contribution in [0.1, 0.15) is 19.8 Å². The number of hydrogen-bond acceptors (Lipinski definition) is 6. The number of benzene rings is 1. The van der Waals surface area contributed by atoms with Crippen molar-refractivity contribution in [3.05, 3.63) is 30.3 Å². The molecule has 1 N–H and O–H groups in total. The average molecular weight is 289 g/mol. The van der Waals surface area contributed by atoms with Gasteiger partial charge in [-0.1, -0.05) is 30.2 Å². The minimum atomic E-state index is -0.525. The smallest absolute Gasteiger partial charge is 0.322 e. The third kappa shape index (κ3) is 4.41. The summed E-state index contributed by atoms with van der Waals surface area (Å²) in [5.41, 5.74) is 0.750. The highest BCUT2D eigenvalue weighted by molar-refractivity contribution is 5.90. The van der Waals surface area contributed by atoms with Crippen LogP contribution in [0, 0.1) is 0 Å². The van der Waals surface area contributed by atoms with Crippen LogP contribution in [-0.2, 0) is 14.3 Å². The van der Waals surface area contributed by atoms with Crippen molar-refractivity contribution in [2.45, 2.75) is 19.8 Å². The van der Waals surface area contributed by atoms with E-state index in [0.717, 1.165) is 5.56 Å². The van der Waals surface area contributed by atoms with E-state index in [1.54, 1.807) is 0 Å². The van der Waals surface area contributed by atoms with E-state index in [4.69, 9.17) is 9.15 Å². The molecule has 7 nitrogen and oxygen atoms in total. The van der Waals surface area contributed by atoms with E-state index in [9.17, 15) is 9.59 Å². The van der Waals surface area contributed by atoms with Gasteiger partial charge >= 0.3 is 12.0 Å². The number of carbonyl (C=O) groups is 2. The molecule has 1 aromatic heterocycles. The second kappa shape index (κ2) is 7.18. The standard InChI is InChI=1S/C14H15N3O4/c1-2-6-12(19)20-9-11(18)15-14-17-16-13(21-14)10-7-4-3-5-8-10/h3-5,7-8H,2,6,9H2,1H3,(H,15,17,18).